The summed E-state index contributed by atoms with van der Waals surface area (Å²) in [5, 5.41) is 14.4. The average Bonchev–Trinajstić information content (AvgIpc) is 2.86. The Labute approximate surface area is 213 Å². The van der Waals surface area contributed by atoms with Crippen LogP contribution in [0.2, 0.25) is 0 Å². The van der Waals surface area contributed by atoms with Gasteiger partial charge < -0.3 is 19.5 Å². The van der Waals surface area contributed by atoms with Gasteiger partial charge in [-0.3, -0.25) is 14.9 Å². The number of nitro groups is 1. The first-order valence-corrected chi connectivity index (χ1v) is 11.3. The van der Waals surface area contributed by atoms with E-state index < -0.39 is 28.7 Å². The van der Waals surface area contributed by atoms with Crippen LogP contribution in [0.15, 0.2) is 77.1 Å². The van der Waals surface area contributed by atoms with E-state index in [2.05, 4.69) is 5.32 Å². The first-order valence-electron chi connectivity index (χ1n) is 11.3. The van der Waals surface area contributed by atoms with Crippen molar-refractivity contribution in [1.29, 1.82) is 0 Å². The second-order valence-corrected chi connectivity index (χ2v) is 8.14. The number of nitrogens with zero attached hydrogens (tertiary/aromatic N) is 1. The van der Waals surface area contributed by atoms with Crippen molar-refractivity contribution in [3.8, 4) is 5.75 Å². The van der Waals surface area contributed by atoms with Crippen molar-refractivity contribution in [2.45, 2.75) is 26.7 Å². The second-order valence-electron chi connectivity index (χ2n) is 8.14. The zero-order chi connectivity index (χ0) is 27.1. The fourth-order valence-electron chi connectivity index (χ4n) is 4.00. The monoisotopic (exact) mass is 506 g/mol. The zero-order valence-corrected chi connectivity index (χ0v) is 20.8. The van der Waals surface area contributed by atoms with Gasteiger partial charge in [0, 0.05) is 30.5 Å². The third-order valence-corrected chi connectivity index (χ3v) is 5.56. The van der Waals surface area contributed by atoms with Crippen molar-refractivity contribution in [1.82, 2.24) is 5.32 Å². The average molecular weight is 507 g/mol. The van der Waals surface area contributed by atoms with Crippen molar-refractivity contribution in [2.75, 3.05) is 13.7 Å². The third-order valence-electron chi connectivity index (χ3n) is 5.56. The first-order chi connectivity index (χ1) is 17.6. The number of carbonyl (C=O) groups is 3. The number of hydrogen-bond donors (Lipinski definition) is 1. The van der Waals surface area contributed by atoms with E-state index in [1.807, 2.05) is 0 Å². The number of dihydropyridines is 1. The summed E-state index contributed by atoms with van der Waals surface area (Å²) in [7, 11) is 1.22. The van der Waals surface area contributed by atoms with E-state index in [9.17, 15) is 24.5 Å². The third kappa shape index (κ3) is 6.49. The van der Waals surface area contributed by atoms with Crippen LogP contribution in [0.1, 0.15) is 37.8 Å². The molecule has 1 aliphatic heterocycles. The van der Waals surface area contributed by atoms with Crippen LogP contribution < -0.4 is 10.1 Å². The normalized spacial score (nSPS) is 15.3. The lowest BCUT2D eigenvalue weighted by Crippen LogP contribution is -2.32. The molecule has 3 rings (SSSR count). The molecule has 37 heavy (non-hydrogen) atoms. The van der Waals surface area contributed by atoms with Gasteiger partial charge in [-0.15, -0.1) is 0 Å². The van der Waals surface area contributed by atoms with E-state index in [1.54, 1.807) is 56.3 Å². The number of nitro benzene ring substituents is 1. The van der Waals surface area contributed by atoms with Crippen molar-refractivity contribution in [3.63, 3.8) is 0 Å². The lowest BCUT2D eigenvalue weighted by molar-refractivity contribution is -0.384. The van der Waals surface area contributed by atoms with Gasteiger partial charge in [-0.25, -0.2) is 9.59 Å². The van der Waals surface area contributed by atoms with Crippen molar-refractivity contribution < 1.29 is 33.5 Å². The molecule has 0 amide bonds. The van der Waals surface area contributed by atoms with Gasteiger partial charge in [0.2, 0.25) is 0 Å². The summed E-state index contributed by atoms with van der Waals surface area (Å²) in [5.41, 5.74) is 2.22. The summed E-state index contributed by atoms with van der Waals surface area (Å²) >= 11 is 0. The zero-order valence-electron chi connectivity index (χ0n) is 20.8. The van der Waals surface area contributed by atoms with Crippen LogP contribution in [-0.4, -0.2) is 36.5 Å². The molecule has 10 heteroatoms. The highest BCUT2D eigenvalue weighted by molar-refractivity contribution is 6.00. The molecule has 0 aromatic heterocycles. The van der Waals surface area contributed by atoms with Crippen LogP contribution in [0.25, 0.3) is 6.08 Å². The van der Waals surface area contributed by atoms with E-state index in [0.29, 0.717) is 22.7 Å². The number of ether oxygens (including phenoxy) is 3. The van der Waals surface area contributed by atoms with Crippen molar-refractivity contribution >= 4 is 29.7 Å². The van der Waals surface area contributed by atoms with Gasteiger partial charge in [-0.2, -0.15) is 0 Å². The lowest BCUT2D eigenvalue weighted by atomic mass is 9.80. The number of nitrogens with one attached hydrogen (secondary N) is 1. The van der Waals surface area contributed by atoms with E-state index in [-0.39, 0.29) is 23.4 Å². The SMILES string of the molecule is COC(=O)C1=C(C)NC(C)=C(C(=O)OC/C=C/c2ccc(OC(C)=O)cc2)C1c1cccc([N+](=O)[O-])c1. The Kier molecular flexibility index (Phi) is 8.57. The van der Waals surface area contributed by atoms with E-state index in [1.165, 1.54) is 32.2 Å². The predicted molar refractivity (Wildman–Crippen MR) is 134 cm³/mol. The number of methoxy groups -OCH3 is 1. The summed E-state index contributed by atoms with van der Waals surface area (Å²) < 4.78 is 15.4. The maximum atomic E-state index is 13.2. The standard InChI is InChI=1S/C27H26N2O8/c1-16-23(26(31)35-4)25(20-8-5-9-21(15-20)29(33)34)24(17(2)28-16)27(32)36-14-6-7-19-10-12-22(13-11-19)37-18(3)30/h5-13,15,25,28H,14H2,1-4H3/b7-6+. The predicted octanol–water partition coefficient (Wildman–Crippen LogP) is 4.18. The number of esters is 3. The molecular formula is C27H26N2O8. The topological polar surface area (TPSA) is 134 Å². The van der Waals surface area contributed by atoms with Crippen LogP contribution in [0, 0.1) is 10.1 Å². The van der Waals surface area contributed by atoms with E-state index >= 15 is 0 Å². The molecule has 2 aromatic carbocycles. The molecule has 192 valence electrons. The fourth-order valence-corrected chi connectivity index (χ4v) is 4.00. The lowest BCUT2D eigenvalue weighted by Gasteiger charge is -2.30. The van der Waals surface area contributed by atoms with Crippen LogP contribution in [0.5, 0.6) is 5.75 Å². The first kappa shape index (κ1) is 26.9. The molecule has 0 saturated heterocycles. The molecule has 1 N–H and O–H groups in total. The fraction of sp³-hybridized carbons (Fsp3) is 0.222. The molecule has 1 aliphatic rings. The molecule has 2 aromatic rings. The Hall–Kier alpha value is -4.73. The van der Waals surface area contributed by atoms with E-state index in [4.69, 9.17) is 14.2 Å². The highest BCUT2D eigenvalue weighted by Crippen LogP contribution is 2.40. The van der Waals surface area contributed by atoms with Crippen molar-refractivity contribution in [2.24, 2.45) is 0 Å². The molecule has 10 nitrogen and oxygen atoms in total. The maximum Gasteiger partial charge on any atom is 0.337 e. The Morgan fingerprint density at radius 1 is 1.03 bits per heavy atom. The number of benzene rings is 2. The van der Waals surface area contributed by atoms with Crippen LogP contribution in [0.3, 0.4) is 0 Å². The quantitative estimate of drug-likeness (QED) is 0.242. The molecular weight excluding hydrogens is 480 g/mol. The highest BCUT2D eigenvalue weighted by Gasteiger charge is 2.38. The smallest absolute Gasteiger partial charge is 0.337 e. The second kappa shape index (κ2) is 11.8. The molecule has 0 aliphatic carbocycles. The highest BCUT2D eigenvalue weighted by atomic mass is 16.6. The number of rotatable bonds is 8. The van der Waals surface area contributed by atoms with Gasteiger partial charge in [-0.1, -0.05) is 30.3 Å². The summed E-state index contributed by atoms with van der Waals surface area (Å²) in [4.78, 5) is 47.8. The summed E-state index contributed by atoms with van der Waals surface area (Å²) in [6.45, 7) is 4.58. The number of allylic oxidation sites excluding steroid dienone is 2. The van der Waals surface area contributed by atoms with E-state index in [0.717, 1.165) is 5.56 Å². The van der Waals surface area contributed by atoms with Gasteiger partial charge >= 0.3 is 17.9 Å². The Morgan fingerprint density at radius 3 is 2.27 bits per heavy atom. The summed E-state index contributed by atoms with van der Waals surface area (Å²) in [6, 6.07) is 12.5. The van der Waals surface area contributed by atoms with Crippen LogP contribution in [0.4, 0.5) is 5.69 Å². The molecule has 0 radical (unpaired) electrons. The Balaban J connectivity index is 1.84. The molecule has 0 fully saturated rings. The number of hydrogen-bond acceptors (Lipinski definition) is 9. The maximum absolute atomic E-state index is 13.2. The number of non-ortho nitro benzene ring substituents is 1. The largest absolute Gasteiger partial charge is 0.466 e. The molecule has 1 atom stereocenters. The Morgan fingerprint density at radius 2 is 1.68 bits per heavy atom. The minimum Gasteiger partial charge on any atom is -0.466 e. The minimum atomic E-state index is -0.932. The van der Waals surface area contributed by atoms with Crippen molar-refractivity contribution in [3.05, 3.63) is 98.4 Å². The molecule has 1 heterocycles. The van der Waals surface area contributed by atoms with Gasteiger partial charge in [-0.05, 0) is 43.2 Å². The molecule has 0 spiro atoms. The van der Waals surface area contributed by atoms with Gasteiger partial charge in [0.05, 0.1) is 29.1 Å². The van der Waals surface area contributed by atoms with Gasteiger partial charge in [0.15, 0.2) is 0 Å². The minimum absolute atomic E-state index is 0.0702. The molecule has 0 bridgehead atoms. The van der Waals surface area contributed by atoms with Crippen LogP contribution >= 0.6 is 0 Å². The summed E-state index contributed by atoms with van der Waals surface area (Å²) in [5.74, 6) is -2.29. The Bertz CT molecular complexity index is 1320. The summed E-state index contributed by atoms with van der Waals surface area (Å²) in [6.07, 6.45) is 3.36. The number of carbonyl (C=O) groups excluding carboxylic acids is 3. The van der Waals surface area contributed by atoms with Crippen LogP contribution in [-0.2, 0) is 23.9 Å². The van der Waals surface area contributed by atoms with Gasteiger partial charge in [0.1, 0.15) is 12.4 Å². The molecule has 0 saturated carbocycles. The molecule has 1 unspecified atom stereocenters. The van der Waals surface area contributed by atoms with Gasteiger partial charge in [0.25, 0.3) is 5.69 Å².